The number of hydrogen-bond donors (Lipinski definition) is 1. The van der Waals surface area contributed by atoms with Crippen LogP contribution >= 0.6 is 0 Å². The van der Waals surface area contributed by atoms with E-state index in [2.05, 4.69) is 10.2 Å². The summed E-state index contributed by atoms with van der Waals surface area (Å²) in [5.41, 5.74) is 0. The molecule has 1 N–H and O–H groups in total. The predicted octanol–water partition coefficient (Wildman–Crippen LogP) is 0.938. The lowest BCUT2D eigenvalue weighted by atomic mass is 10.1. The number of nitrogens with zero attached hydrogens (tertiary/aromatic N) is 2. The minimum atomic E-state index is -0.977. The highest BCUT2D eigenvalue weighted by Gasteiger charge is 2.22. The second-order valence-corrected chi connectivity index (χ2v) is 3.46. The Kier molecular flexibility index (Phi) is 2.96. The molecule has 6 nitrogen and oxygen atoms in total. The number of aromatic nitrogens is 2. The number of carboxylic acid groups (broad SMARTS) is 1. The van der Waals surface area contributed by atoms with E-state index >= 15 is 0 Å². The Balaban J connectivity index is 2.02. The average molecular weight is 212 g/mol. The first kappa shape index (κ1) is 10.1. The highest BCUT2D eigenvalue weighted by Crippen LogP contribution is 2.26. The fourth-order valence-corrected chi connectivity index (χ4v) is 1.53. The van der Waals surface area contributed by atoms with E-state index in [4.69, 9.17) is 14.3 Å². The van der Waals surface area contributed by atoms with Crippen LogP contribution in [0.5, 0.6) is 0 Å². The van der Waals surface area contributed by atoms with Gasteiger partial charge in [0.2, 0.25) is 11.8 Å². The van der Waals surface area contributed by atoms with Gasteiger partial charge < -0.3 is 14.3 Å². The third kappa shape index (κ3) is 2.53. The molecule has 1 aromatic heterocycles. The lowest BCUT2D eigenvalue weighted by molar-refractivity contribution is -0.136. The van der Waals surface area contributed by atoms with Crippen molar-refractivity contribution in [3.63, 3.8) is 0 Å². The Morgan fingerprint density at radius 2 is 2.33 bits per heavy atom. The topological polar surface area (TPSA) is 85.5 Å². The third-order valence-electron chi connectivity index (χ3n) is 2.24. The summed E-state index contributed by atoms with van der Waals surface area (Å²) in [4.78, 5) is 10.4. The van der Waals surface area contributed by atoms with Gasteiger partial charge in [0.1, 0.15) is 12.5 Å². The maximum Gasteiger partial charge on any atom is 0.312 e. The third-order valence-corrected chi connectivity index (χ3v) is 2.24. The largest absolute Gasteiger partial charge is 0.481 e. The van der Waals surface area contributed by atoms with Crippen LogP contribution in [0, 0.1) is 0 Å². The molecule has 15 heavy (non-hydrogen) atoms. The Morgan fingerprint density at radius 1 is 1.47 bits per heavy atom. The van der Waals surface area contributed by atoms with Crippen molar-refractivity contribution in [2.45, 2.75) is 31.8 Å². The first-order valence-corrected chi connectivity index (χ1v) is 4.91. The number of rotatable bonds is 3. The summed E-state index contributed by atoms with van der Waals surface area (Å²) >= 11 is 0. The monoisotopic (exact) mass is 212 g/mol. The van der Waals surface area contributed by atoms with Crippen molar-refractivity contribution in [2.75, 3.05) is 6.61 Å². The van der Waals surface area contributed by atoms with Gasteiger partial charge >= 0.3 is 5.97 Å². The van der Waals surface area contributed by atoms with E-state index in [-0.39, 0.29) is 18.4 Å². The van der Waals surface area contributed by atoms with E-state index in [1.54, 1.807) is 0 Å². The van der Waals surface area contributed by atoms with Crippen LogP contribution in [0.15, 0.2) is 4.42 Å². The number of aliphatic carboxylic acids is 1. The van der Waals surface area contributed by atoms with Crippen LogP contribution in [0.4, 0.5) is 0 Å². The van der Waals surface area contributed by atoms with Gasteiger partial charge in [0.05, 0.1) is 0 Å². The van der Waals surface area contributed by atoms with Crippen molar-refractivity contribution in [2.24, 2.45) is 0 Å². The van der Waals surface area contributed by atoms with Crippen molar-refractivity contribution >= 4 is 5.97 Å². The SMILES string of the molecule is O=C(O)Cc1nnc(C2CCCCO2)o1. The van der Waals surface area contributed by atoms with Gasteiger partial charge in [-0.3, -0.25) is 4.79 Å². The fourth-order valence-electron chi connectivity index (χ4n) is 1.53. The van der Waals surface area contributed by atoms with E-state index in [9.17, 15) is 4.79 Å². The van der Waals surface area contributed by atoms with Crippen molar-refractivity contribution in [3.8, 4) is 0 Å². The molecule has 1 unspecified atom stereocenters. The zero-order valence-corrected chi connectivity index (χ0v) is 8.18. The smallest absolute Gasteiger partial charge is 0.312 e. The lowest BCUT2D eigenvalue weighted by Crippen LogP contribution is -2.11. The van der Waals surface area contributed by atoms with Crippen molar-refractivity contribution in [3.05, 3.63) is 11.8 Å². The zero-order valence-electron chi connectivity index (χ0n) is 8.18. The summed E-state index contributed by atoms with van der Waals surface area (Å²) < 4.78 is 10.6. The molecule has 6 heteroatoms. The lowest BCUT2D eigenvalue weighted by Gasteiger charge is -2.18. The van der Waals surface area contributed by atoms with Crippen LogP contribution < -0.4 is 0 Å². The molecule has 0 amide bonds. The summed E-state index contributed by atoms with van der Waals surface area (Å²) in [5, 5.41) is 16.0. The standard InChI is InChI=1S/C9H12N2O4/c12-8(13)5-7-10-11-9(15-7)6-3-1-2-4-14-6/h6H,1-5H2,(H,12,13). The van der Waals surface area contributed by atoms with Crippen LogP contribution in [0.25, 0.3) is 0 Å². The highest BCUT2D eigenvalue weighted by atomic mass is 16.5. The van der Waals surface area contributed by atoms with Gasteiger partial charge in [-0.25, -0.2) is 0 Å². The van der Waals surface area contributed by atoms with Gasteiger partial charge in [-0.05, 0) is 19.3 Å². The molecular weight excluding hydrogens is 200 g/mol. The van der Waals surface area contributed by atoms with Crippen LogP contribution in [0.1, 0.15) is 37.1 Å². The molecule has 0 radical (unpaired) electrons. The van der Waals surface area contributed by atoms with Gasteiger partial charge in [0, 0.05) is 6.61 Å². The van der Waals surface area contributed by atoms with Crippen molar-refractivity contribution in [1.29, 1.82) is 0 Å². The normalized spacial score (nSPS) is 21.5. The second kappa shape index (κ2) is 4.39. The Labute approximate surface area is 86.3 Å². The molecule has 0 saturated carbocycles. The maximum absolute atomic E-state index is 10.4. The fraction of sp³-hybridized carbons (Fsp3) is 0.667. The van der Waals surface area contributed by atoms with Crippen LogP contribution in [-0.2, 0) is 16.0 Å². The van der Waals surface area contributed by atoms with E-state index < -0.39 is 5.97 Å². The van der Waals surface area contributed by atoms with Crippen LogP contribution in [0.2, 0.25) is 0 Å². The van der Waals surface area contributed by atoms with Gasteiger partial charge in [-0.15, -0.1) is 10.2 Å². The molecular formula is C9H12N2O4. The average Bonchev–Trinajstić information content (AvgIpc) is 2.67. The molecule has 82 valence electrons. The first-order chi connectivity index (χ1) is 7.25. The van der Waals surface area contributed by atoms with Gasteiger partial charge in [-0.2, -0.15) is 0 Å². The zero-order chi connectivity index (χ0) is 10.7. The molecule has 0 bridgehead atoms. The first-order valence-electron chi connectivity index (χ1n) is 4.91. The molecule has 2 heterocycles. The van der Waals surface area contributed by atoms with Crippen molar-refractivity contribution < 1.29 is 19.1 Å². The van der Waals surface area contributed by atoms with E-state index in [1.807, 2.05) is 0 Å². The summed E-state index contributed by atoms with van der Waals surface area (Å²) in [6, 6.07) is 0. The molecule has 1 aromatic rings. The van der Waals surface area contributed by atoms with Crippen LogP contribution in [-0.4, -0.2) is 27.9 Å². The van der Waals surface area contributed by atoms with Crippen LogP contribution in [0.3, 0.4) is 0 Å². The molecule has 1 fully saturated rings. The minimum Gasteiger partial charge on any atom is -0.481 e. The molecule has 1 aliphatic rings. The number of ether oxygens (including phenoxy) is 1. The van der Waals surface area contributed by atoms with E-state index in [0.717, 1.165) is 19.3 Å². The van der Waals surface area contributed by atoms with Gasteiger partial charge in [-0.1, -0.05) is 0 Å². The molecule has 1 saturated heterocycles. The Hall–Kier alpha value is -1.43. The van der Waals surface area contributed by atoms with Gasteiger partial charge in [0.15, 0.2) is 0 Å². The Morgan fingerprint density at radius 3 is 3.00 bits per heavy atom. The minimum absolute atomic E-state index is 0.131. The molecule has 1 atom stereocenters. The van der Waals surface area contributed by atoms with E-state index in [1.165, 1.54) is 0 Å². The van der Waals surface area contributed by atoms with Gasteiger partial charge in [0.25, 0.3) is 0 Å². The molecule has 1 aliphatic heterocycles. The number of carboxylic acids is 1. The summed E-state index contributed by atoms with van der Waals surface area (Å²) in [7, 11) is 0. The summed E-state index contributed by atoms with van der Waals surface area (Å²) in [6.45, 7) is 0.696. The summed E-state index contributed by atoms with van der Waals surface area (Å²) in [5.74, 6) is -0.451. The second-order valence-electron chi connectivity index (χ2n) is 3.46. The van der Waals surface area contributed by atoms with E-state index in [0.29, 0.717) is 12.5 Å². The molecule has 0 spiro atoms. The number of hydrogen-bond acceptors (Lipinski definition) is 5. The molecule has 0 aromatic carbocycles. The highest BCUT2D eigenvalue weighted by molar-refractivity contribution is 5.68. The predicted molar refractivity (Wildman–Crippen MR) is 48.2 cm³/mol. The van der Waals surface area contributed by atoms with Crippen molar-refractivity contribution in [1.82, 2.24) is 10.2 Å². The summed E-state index contributed by atoms with van der Waals surface area (Å²) in [6.07, 6.45) is 2.58. The Bertz CT molecular complexity index is 344. The molecule has 0 aliphatic carbocycles. The quantitative estimate of drug-likeness (QED) is 0.802. The maximum atomic E-state index is 10.4. The molecule has 2 rings (SSSR count). The number of carbonyl (C=O) groups is 1.